The molecule has 2 aliphatic carbocycles. The molecule has 0 fully saturated rings. The fourth-order valence-electron chi connectivity index (χ4n) is 24.0. The summed E-state index contributed by atoms with van der Waals surface area (Å²) in [4.78, 5) is 48.9. The Hall–Kier alpha value is -18.5. The first-order chi connectivity index (χ1) is 73.8. The molecule has 150 heavy (non-hydrogen) atoms. The molecule has 0 aliphatic heterocycles. The molecular formula is C135H84N12S3. The van der Waals surface area contributed by atoms with Crippen molar-refractivity contribution < 1.29 is 0 Å². The van der Waals surface area contributed by atoms with Crippen molar-refractivity contribution in [3.63, 3.8) is 0 Å². The van der Waals surface area contributed by atoms with Gasteiger partial charge in [0.1, 0.15) is 0 Å². The highest BCUT2D eigenvalue weighted by atomic mass is 32.1. The Kier molecular flexibility index (Phi) is 18.9. The minimum atomic E-state index is -0.390. The van der Waals surface area contributed by atoms with Crippen molar-refractivity contribution in [2.75, 3.05) is 0 Å². The van der Waals surface area contributed by atoms with Gasteiger partial charge in [0.15, 0.2) is 34.9 Å². The van der Waals surface area contributed by atoms with Crippen molar-refractivity contribution in [1.29, 1.82) is 0 Å². The molecule has 31 rings (SSSR count). The maximum atomic E-state index is 5.60. The first-order valence-corrected chi connectivity index (χ1v) is 53.3. The molecular weight excluding hydrogens is 1890 g/mol. The number of hydrogen-bond donors (Lipinski definition) is 0. The fourth-order valence-corrected chi connectivity index (χ4v) is 27.8. The van der Waals surface area contributed by atoms with Gasteiger partial charge in [-0.25, -0.2) is 15.0 Å². The van der Waals surface area contributed by atoms with Gasteiger partial charge in [-0.15, -0.1) is 34.0 Å². The van der Waals surface area contributed by atoms with Gasteiger partial charge in [0, 0.05) is 137 Å². The highest BCUT2D eigenvalue weighted by Crippen LogP contribution is 2.55. The van der Waals surface area contributed by atoms with Crippen molar-refractivity contribution >= 4 is 160 Å². The van der Waals surface area contributed by atoms with Gasteiger partial charge < -0.3 is 0 Å². The first kappa shape index (κ1) is 85.9. The summed E-state index contributed by atoms with van der Waals surface area (Å²) < 4.78 is 14.3. The van der Waals surface area contributed by atoms with E-state index in [4.69, 9.17) is 44.9 Å². The molecule has 12 nitrogen and oxygen atoms in total. The van der Waals surface area contributed by atoms with Gasteiger partial charge in [-0.05, 0) is 179 Å². The number of fused-ring (bicyclic) bond motifs is 27. The maximum absolute atomic E-state index is 5.60. The van der Waals surface area contributed by atoms with Gasteiger partial charge >= 0.3 is 0 Å². The van der Waals surface area contributed by atoms with E-state index in [1.165, 1.54) is 121 Å². The maximum Gasteiger partial charge on any atom is 0.238 e. The second-order valence-electron chi connectivity index (χ2n) is 40.6. The second kappa shape index (κ2) is 33.0. The average Bonchev–Trinajstić information content (AvgIpc) is 1.61. The van der Waals surface area contributed by atoms with Crippen molar-refractivity contribution in [1.82, 2.24) is 58.6 Å². The zero-order valence-corrected chi connectivity index (χ0v) is 84.1. The van der Waals surface area contributed by atoms with E-state index in [0.29, 0.717) is 52.8 Å². The van der Waals surface area contributed by atoms with Gasteiger partial charge in [-0.2, -0.15) is 29.9 Å². The van der Waals surface area contributed by atoms with E-state index < -0.39 is 5.41 Å². The summed E-state index contributed by atoms with van der Waals surface area (Å²) in [5.74, 6) is 5.27. The zero-order chi connectivity index (χ0) is 99.0. The lowest BCUT2D eigenvalue weighted by Crippen LogP contribution is -2.15. The quantitative estimate of drug-likeness (QED) is 0.104. The lowest BCUT2D eigenvalue weighted by atomic mass is 9.81. The van der Waals surface area contributed by atoms with Crippen molar-refractivity contribution in [2.24, 2.45) is 0 Å². The molecule has 29 aromatic rings. The van der Waals surface area contributed by atoms with Crippen molar-refractivity contribution in [3.8, 4) is 164 Å². The van der Waals surface area contributed by atoms with Crippen molar-refractivity contribution in [2.45, 2.75) is 38.5 Å². The molecule has 0 amide bonds. The third-order valence-electron chi connectivity index (χ3n) is 31.5. The van der Waals surface area contributed by atoms with Crippen LogP contribution in [0.2, 0.25) is 0 Å². The Morgan fingerprint density at radius 1 is 0.167 bits per heavy atom. The SMILES string of the molecule is CC1(C)c2ccccc2-c2ccc(-c3nc(-c4ccc5c(c4)C(C)(C)c4cc(-c6cccc(-c7ccc(-c8nc(-c9ccc(-c%10ccc(-c%11ccc(-c%12ccc(-c%13nc(-c%14ccccc%14)nc(-n%14c%15ccccc%15c%15c%16sc%17ccccc%17c%16ccc%15%14)n%13)cc%12)cc%11)cc%10)cc9)nc(-n9c%10ccccc%10c%10c%11sc%12ccccc%12c%11ccc%109)n8)cc7)c6)ccc4-5)nc(-n4c5ccccc5c5c6sc7ccccc7c6ccc54)n3)cc21. The summed E-state index contributed by atoms with van der Waals surface area (Å²) in [7, 11) is 0. The van der Waals surface area contributed by atoms with E-state index in [2.05, 4.69) is 460 Å². The summed E-state index contributed by atoms with van der Waals surface area (Å²) in [6.45, 7) is 9.38. The van der Waals surface area contributed by atoms with Crippen LogP contribution in [0.4, 0.5) is 0 Å². The van der Waals surface area contributed by atoms with E-state index in [1.54, 1.807) is 0 Å². The third-order valence-corrected chi connectivity index (χ3v) is 35.2. The van der Waals surface area contributed by atoms with Crippen LogP contribution in [0.3, 0.4) is 0 Å². The Labute approximate surface area is 873 Å². The Bertz CT molecular complexity index is 10800. The van der Waals surface area contributed by atoms with Crippen LogP contribution in [-0.2, 0) is 10.8 Å². The highest BCUT2D eigenvalue weighted by Gasteiger charge is 2.39. The topological polar surface area (TPSA) is 131 Å². The lowest BCUT2D eigenvalue weighted by Gasteiger charge is -2.23. The molecule has 15 heteroatoms. The van der Waals surface area contributed by atoms with Crippen LogP contribution in [0, 0.1) is 0 Å². The van der Waals surface area contributed by atoms with Gasteiger partial charge in [0.05, 0.1) is 33.1 Å². The van der Waals surface area contributed by atoms with Crippen LogP contribution in [-0.4, -0.2) is 58.6 Å². The molecule has 702 valence electrons. The summed E-state index contributed by atoms with van der Waals surface area (Å²) in [5.41, 5.74) is 32.2. The average molecular weight is 1970 g/mol. The predicted octanol–water partition coefficient (Wildman–Crippen LogP) is 35.6. The second-order valence-corrected chi connectivity index (χ2v) is 43.8. The zero-order valence-electron chi connectivity index (χ0n) is 81.7. The molecule has 2 aliphatic rings. The van der Waals surface area contributed by atoms with Crippen LogP contribution in [0.25, 0.3) is 290 Å². The van der Waals surface area contributed by atoms with Gasteiger partial charge in [-0.3, -0.25) is 13.7 Å². The molecule has 0 atom stereocenters. The summed E-state index contributed by atoms with van der Waals surface area (Å²) >= 11 is 5.53. The third kappa shape index (κ3) is 13.3. The molecule has 0 spiro atoms. The largest absolute Gasteiger partial charge is 0.278 e. The number of benzene rings is 20. The van der Waals surface area contributed by atoms with E-state index in [-0.39, 0.29) is 5.41 Å². The smallest absolute Gasteiger partial charge is 0.238 e. The fraction of sp³-hybridized carbons (Fsp3) is 0.0444. The molecule has 0 N–H and O–H groups in total. The Balaban J connectivity index is 0.440. The van der Waals surface area contributed by atoms with Crippen LogP contribution < -0.4 is 0 Å². The van der Waals surface area contributed by atoms with E-state index in [1.807, 2.05) is 52.2 Å². The number of aromatic nitrogens is 12. The molecule has 0 bridgehead atoms. The van der Waals surface area contributed by atoms with E-state index >= 15 is 0 Å². The number of nitrogens with zero attached hydrogens (tertiary/aromatic N) is 12. The van der Waals surface area contributed by atoms with Crippen LogP contribution in [0.5, 0.6) is 0 Å². The highest BCUT2D eigenvalue weighted by molar-refractivity contribution is 7.27. The minimum absolute atomic E-state index is 0.225. The van der Waals surface area contributed by atoms with Crippen LogP contribution >= 0.6 is 34.0 Å². The molecule has 9 aromatic heterocycles. The molecule has 9 heterocycles. The predicted molar refractivity (Wildman–Crippen MR) is 623 cm³/mol. The standard InChI is InChI=1S/C135H84N12S3/c1-134(2)106-34-15-8-27-93(106)94-65-62-91(75-108(94)134)129-138-130(144-133(143-129)147-112-37-18-11-33-105(112)121-115(147)72-69-102-99-30-14-21-40-118(99)150-124(102)121)92-63-66-96-95-64-61-90(74-107(95)135(3,4)109(96)76-92)89-26-22-25-88(73-89)83-53-59-87(60-54-83)128-137-127(141-132(142-128)146-111-36-17-10-32-104(111)120-114(146)71-68-101-98-29-13-20-39-117(98)149-123(101)120)86-57-51-82(52-58-86)80-47-43-78(44-48-80)77-41-45-79(46-42-77)81-49-55-85(56-50-81)126-136-125(84-23-6-5-7-24-84)139-131(140-126)145-110-35-16-9-31-103(110)119-113(145)70-67-100-97-28-12-19-38-116(97)148-122(100)119/h5-76H,1-4H3. The summed E-state index contributed by atoms with van der Waals surface area (Å²) in [6, 6.07) is 158. The van der Waals surface area contributed by atoms with Crippen LogP contribution in [0.1, 0.15) is 49.9 Å². The van der Waals surface area contributed by atoms with Crippen LogP contribution in [0.15, 0.2) is 437 Å². The lowest BCUT2D eigenvalue weighted by molar-refractivity contribution is 0.660. The van der Waals surface area contributed by atoms with E-state index in [9.17, 15) is 0 Å². The minimum Gasteiger partial charge on any atom is -0.278 e. The first-order valence-electron chi connectivity index (χ1n) is 50.8. The number of hydrogen-bond acceptors (Lipinski definition) is 12. The molecule has 0 radical (unpaired) electrons. The van der Waals surface area contributed by atoms with Gasteiger partial charge in [0.25, 0.3) is 0 Å². The Morgan fingerprint density at radius 3 is 0.780 bits per heavy atom. The number of thiophene rings is 3. The van der Waals surface area contributed by atoms with Gasteiger partial charge in [0.2, 0.25) is 17.8 Å². The van der Waals surface area contributed by atoms with Crippen molar-refractivity contribution in [3.05, 3.63) is 459 Å². The summed E-state index contributed by atoms with van der Waals surface area (Å²) in [6.07, 6.45) is 0. The number of para-hydroxylation sites is 3. The normalized spacial score (nSPS) is 13.0. The monoisotopic (exact) mass is 1970 g/mol. The molecule has 0 saturated heterocycles. The molecule has 20 aromatic carbocycles. The number of rotatable bonds is 14. The summed E-state index contributed by atoms with van der Waals surface area (Å²) in [5, 5.41) is 14.6. The van der Waals surface area contributed by atoms with E-state index in [0.717, 1.165) is 138 Å². The molecule has 0 unspecified atom stereocenters. The Morgan fingerprint density at radius 2 is 0.413 bits per heavy atom. The molecule has 0 saturated carbocycles. The van der Waals surface area contributed by atoms with Gasteiger partial charge in [-0.1, -0.05) is 386 Å².